The summed E-state index contributed by atoms with van der Waals surface area (Å²) < 4.78 is 0. The van der Waals surface area contributed by atoms with Gasteiger partial charge in [-0.2, -0.15) is 0 Å². The molecule has 1 unspecified atom stereocenters. The molecule has 1 N–H and O–H groups in total. The Morgan fingerprint density at radius 3 is 2.22 bits per heavy atom. The van der Waals surface area contributed by atoms with Gasteiger partial charge in [0.05, 0.1) is 6.04 Å². The number of rotatable bonds is 7. The van der Waals surface area contributed by atoms with Crippen LogP contribution < -0.4 is 5.32 Å². The molecule has 0 aliphatic rings. The number of ketones is 1. The fourth-order valence-corrected chi connectivity index (χ4v) is 2.07. The van der Waals surface area contributed by atoms with E-state index in [1.165, 1.54) is 5.56 Å². The summed E-state index contributed by atoms with van der Waals surface area (Å²) in [5.74, 6) is 0.414. The zero-order valence-corrected chi connectivity index (χ0v) is 11.9. The van der Waals surface area contributed by atoms with E-state index in [9.17, 15) is 4.79 Å². The molecule has 0 bridgehead atoms. The Bertz CT molecular complexity index is 357. The SMILES string of the molecule is CC(C)NC(CCc1ccccc1)C(=O)C(C)C. The second-order valence-electron chi connectivity index (χ2n) is 5.46. The second kappa shape index (κ2) is 7.32. The molecule has 0 aromatic heterocycles. The lowest BCUT2D eigenvalue weighted by atomic mass is 9.95. The molecule has 0 heterocycles. The third-order valence-corrected chi connectivity index (χ3v) is 3.01. The molecule has 0 spiro atoms. The third kappa shape index (κ3) is 5.01. The van der Waals surface area contributed by atoms with E-state index < -0.39 is 0 Å². The maximum atomic E-state index is 12.1. The molecule has 2 nitrogen and oxygen atoms in total. The van der Waals surface area contributed by atoms with Crippen molar-refractivity contribution in [1.29, 1.82) is 0 Å². The van der Waals surface area contributed by atoms with Gasteiger partial charge in [0.1, 0.15) is 0 Å². The van der Waals surface area contributed by atoms with Gasteiger partial charge in [-0.15, -0.1) is 0 Å². The molecule has 0 radical (unpaired) electrons. The van der Waals surface area contributed by atoms with Crippen LogP contribution in [-0.2, 0) is 11.2 Å². The number of benzene rings is 1. The summed E-state index contributed by atoms with van der Waals surface area (Å²) in [5, 5.41) is 3.38. The number of carbonyl (C=O) groups excluding carboxylic acids is 1. The summed E-state index contributed by atoms with van der Waals surface area (Å²) >= 11 is 0. The summed E-state index contributed by atoms with van der Waals surface area (Å²) in [6.45, 7) is 8.12. The molecule has 0 saturated heterocycles. The smallest absolute Gasteiger partial charge is 0.152 e. The number of nitrogens with one attached hydrogen (secondary N) is 1. The molecule has 0 saturated carbocycles. The van der Waals surface area contributed by atoms with Crippen molar-refractivity contribution < 1.29 is 4.79 Å². The van der Waals surface area contributed by atoms with Crippen LogP contribution >= 0.6 is 0 Å². The highest BCUT2D eigenvalue weighted by Gasteiger charge is 2.21. The molecule has 1 aromatic carbocycles. The molecule has 0 aliphatic carbocycles. The van der Waals surface area contributed by atoms with Crippen molar-refractivity contribution in [3.8, 4) is 0 Å². The van der Waals surface area contributed by atoms with Gasteiger partial charge in [-0.1, -0.05) is 58.0 Å². The number of Topliss-reactive ketones (excluding diaryl/α,β-unsaturated/α-hetero) is 1. The van der Waals surface area contributed by atoms with Crippen molar-refractivity contribution in [2.75, 3.05) is 0 Å². The van der Waals surface area contributed by atoms with Crippen LogP contribution in [0.15, 0.2) is 30.3 Å². The molecule has 1 aromatic rings. The van der Waals surface area contributed by atoms with E-state index in [0.717, 1.165) is 12.8 Å². The van der Waals surface area contributed by atoms with E-state index in [1.807, 2.05) is 32.0 Å². The largest absolute Gasteiger partial charge is 0.305 e. The minimum Gasteiger partial charge on any atom is -0.305 e. The predicted molar refractivity (Wildman–Crippen MR) is 76.7 cm³/mol. The lowest BCUT2D eigenvalue weighted by molar-refractivity contribution is -0.124. The molecular formula is C16H25NO. The van der Waals surface area contributed by atoms with Gasteiger partial charge in [0.25, 0.3) is 0 Å². The Kier molecular flexibility index (Phi) is 6.06. The van der Waals surface area contributed by atoms with E-state index >= 15 is 0 Å². The van der Waals surface area contributed by atoms with Crippen LogP contribution in [0.4, 0.5) is 0 Å². The van der Waals surface area contributed by atoms with Gasteiger partial charge in [0, 0.05) is 12.0 Å². The average molecular weight is 247 g/mol. The van der Waals surface area contributed by atoms with Crippen molar-refractivity contribution in [3.05, 3.63) is 35.9 Å². The van der Waals surface area contributed by atoms with Gasteiger partial charge in [-0.25, -0.2) is 0 Å². The van der Waals surface area contributed by atoms with Crippen LogP contribution in [0.1, 0.15) is 39.7 Å². The summed E-state index contributed by atoms with van der Waals surface area (Å²) in [5.41, 5.74) is 1.30. The Labute approximate surface area is 111 Å². The minimum atomic E-state index is -0.0230. The number of hydrogen-bond donors (Lipinski definition) is 1. The van der Waals surface area contributed by atoms with Crippen LogP contribution in [0.25, 0.3) is 0 Å². The molecule has 100 valence electrons. The molecule has 0 fully saturated rings. The average Bonchev–Trinajstić information content (AvgIpc) is 2.34. The second-order valence-corrected chi connectivity index (χ2v) is 5.46. The molecule has 1 atom stereocenters. The summed E-state index contributed by atoms with van der Waals surface area (Å²) in [7, 11) is 0. The van der Waals surface area contributed by atoms with Crippen LogP contribution in [0.3, 0.4) is 0 Å². The molecule has 18 heavy (non-hydrogen) atoms. The first-order valence-corrected chi connectivity index (χ1v) is 6.84. The van der Waals surface area contributed by atoms with Gasteiger partial charge in [0.15, 0.2) is 5.78 Å². The first-order chi connectivity index (χ1) is 8.50. The quantitative estimate of drug-likeness (QED) is 0.801. The fourth-order valence-electron chi connectivity index (χ4n) is 2.07. The molecule has 1 rings (SSSR count). The predicted octanol–water partition coefficient (Wildman–Crippen LogP) is 3.21. The first kappa shape index (κ1) is 14.9. The highest BCUT2D eigenvalue weighted by atomic mass is 16.1. The highest BCUT2D eigenvalue weighted by Crippen LogP contribution is 2.10. The lowest BCUT2D eigenvalue weighted by Crippen LogP contribution is -2.43. The highest BCUT2D eigenvalue weighted by molar-refractivity contribution is 5.85. The van der Waals surface area contributed by atoms with E-state index in [4.69, 9.17) is 0 Å². The van der Waals surface area contributed by atoms with Gasteiger partial charge in [-0.05, 0) is 18.4 Å². The Balaban J connectivity index is 2.59. The van der Waals surface area contributed by atoms with Crippen molar-refractivity contribution in [3.63, 3.8) is 0 Å². The first-order valence-electron chi connectivity index (χ1n) is 6.84. The monoisotopic (exact) mass is 247 g/mol. The number of aryl methyl sites for hydroxylation is 1. The van der Waals surface area contributed by atoms with E-state index in [2.05, 4.69) is 31.3 Å². The van der Waals surface area contributed by atoms with Crippen LogP contribution in [-0.4, -0.2) is 17.9 Å². The maximum Gasteiger partial charge on any atom is 0.152 e. The van der Waals surface area contributed by atoms with Gasteiger partial charge in [0.2, 0.25) is 0 Å². The van der Waals surface area contributed by atoms with Crippen LogP contribution in [0.2, 0.25) is 0 Å². The van der Waals surface area contributed by atoms with E-state index in [1.54, 1.807) is 0 Å². The Hall–Kier alpha value is -1.15. The topological polar surface area (TPSA) is 29.1 Å². The zero-order valence-electron chi connectivity index (χ0n) is 11.9. The molecule has 2 heteroatoms. The normalized spacial score (nSPS) is 13.0. The summed E-state index contributed by atoms with van der Waals surface area (Å²) in [6.07, 6.45) is 1.82. The molecular weight excluding hydrogens is 222 g/mol. The lowest BCUT2D eigenvalue weighted by Gasteiger charge is -2.22. The Morgan fingerprint density at radius 2 is 1.72 bits per heavy atom. The van der Waals surface area contributed by atoms with Gasteiger partial charge in [-0.3, -0.25) is 4.79 Å². The van der Waals surface area contributed by atoms with Crippen molar-refractivity contribution in [2.45, 2.75) is 52.6 Å². The van der Waals surface area contributed by atoms with E-state index in [-0.39, 0.29) is 12.0 Å². The zero-order chi connectivity index (χ0) is 13.5. The van der Waals surface area contributed by atoms with E-state index in [0.29, 0.717) is 11.8 Å². The van der Waals surface area contributed by atoms with Crippen molar-refractivity contribution >= 4 is 5.78 Å². The van der Waals surface area contributed by atoms with Crippen molar-refractivity contribution in [1.82, 2.24) is 5.32 Å². The summed E-state index contributed by atoms with van der Waals surface area (Å²) in [6, 6.07) is 10.7. The Morgan fingerprint density at radius 1 is 1.11 bits per heavy atom. The summed E-state index contributed by atoms with van der Waals surface area (Å²) in [4.78, 5) is 12.1. The third-order valence-electron chi connectivity index (χ3n) is 3.01. The number of carbonyl (C=O) groups is 1. The van der Waals surface area contributed by atoms with Crippen molar-refractivity contribution in [2.24, 2.45) is 5.92 Å². The standard InChI is InChI=1S/C16H25NO/c1-12(2)16(18)15(17-13(3)4)11-10-14-8-6-5-7-9-14/h5-9,12-13,15,17H,10-11H2,1-4H3. The molecule has 0 amide bonds. The number of hydrogen-bond acceptors (Lipinski definition) is 2. The van der Waals surface area contributed by atoms with Gasteiger partial charge < -0.3 is 5.32 Å². The van der Waals surface area contributed by atoms with Crippen LogP contribution in [0.5, 0.6) is 0 Å². The van der Waals surface area contributed by atoms with Crippen LogP contribution in [0, 0.1) is 5.92 Å². The van der Waals surface area contributed by atoms with Gasteiger partial charge >= 0.3 is 0 Å². The fraction of sp³-hybridized carbons (Fsp3) is 0.562. The minimum absolute atomic E-state index is 0.0230. The maximum absolute atomic E-state index is 12.1. The molecule has 0 aliphatic heterocycles.